The number of ketones is 1. The summed E-state index contributed by atoms with van der Waals surface area (Å²) in [6.45, 7) is 4.35. The van der Waals surface area contributed by atoms with Crippen molar-refractivity contribution in [3.05, 3.63) is 0 Å². The van der Waals surface area contributed by atoms with Crippen LogP contribution < -0.4 is 0 Å². The monoisotopic (exact) mass is 142 g/mol. The van der Waals surface area contributed by atoms with Crippen LogP contribution in [0.2, 0.25) is 0 Å². The third-order valence-corrected chi connectivity index (χ3v) is 2.11. The van der Waals surface area contributed by atoms with Gasteiger partial charge in [-0.15, -0.1) is 0 Å². The minimum Gasteiger partial charge on any atom is -0.378 e. The van der Waals surface area contributed by atoms with Gasteiger partial charge in [-0.25, -0.2) is 0 Å². The van der Waals surface area contributed by atoms with Crippen LogP contribution in [0.15, 0.2) is 0 Å². The molecule has 2 nitrogen and oxygen atoms in total. The van der Waals surface area contributed by atoms with Crippen molar-refractivity contribution in [2.75, 3.05) is 6.61 Å². The van der Waals surface area contributed by atoms with Gasteiger partial charge in [-0.2, -0.15) is 0 Å². The number of ether oxygens (including phenoxy) is 1. The number of hydrogen-bond donors (Lipinski definition) is 0. The molecule has 2 unspecified atom stereocenters. The molecule has 0 saturated heterocycles. The second kappa shape index (κ2) is 3.15. The van der Waals surface area contributed by atoms with Crippen molar-refractivity contribution in [2.45, 2.75) is 32.8 Å². The van der Waals surface area contributed by atoms with Gasteiger partial charge in [-0.3, -0.25) is 4.79 Å². The molecule has 1 aliphatic rings. The van der Waals surface area contributed by atoms with Crippen LogP contribution >= 0.6 is 0 Å². The van der Waals surface area contributed by atoms with E-state index in [1.54, 1.807) is 6.92 Å². The zero-order chi connectivity index (χ0) is 7.56. The number of carbonyl (C=O) groups excluding carboxylic acids is 1. The minimum absolute atomic E-state index is 0.208. The third-order valence-electron chi connectivity index (χ3n) is 2.11. The zero-order valence-corrected chi connectivity index (χ0v) is 6.59. The smallest absolute Gasteiger partial charge is 0.135 e. The fraction of sp³-hybridized carbons (Fsp3) is 0.875. The Balaban J connectivity index is 2.28. The normalized spacial score (nSPS) is 31.4. The first-order valence-electron chi connectivity index (χ1n) is 3.87. The molecule has 0 bridgehead atoms. The van der Waals surface area contributed by atoms with Gasteiger partial charge < -0.3 is 4.74 Å². The van der Waals surface area contributed by atoms with E-state index in [0.29, 0.717) is 0 Å². The molecule has 58 valence electrons. The first-order chi connectivity index (χ1) is 4.75. The Morgan fingerprint density at radius 3 is 2.60 bits per heavy atom. The summed E-state index contributed by atoms with van der Waals surface area (Å²) >= 11 is 0. The summed E-state index contributed by atoms with van der Waals surface area (Å²) in [4.78, 5) is 10.8. The first-order valence-corrected chi connectivity index (χ1v) is 3.87. The van der Waals surface area contributed by atoms with E-state index in [9.17, 15) is 4.79 Å². The molecule has 1 saturated carbocycles. The van der Waals surface area contributed by atoms with Gasteiger partial charge >= 0.3 is 0 Å². The summed E-state index contributed by atoms with van der Waals surface area (Å²) in [6.07, 6.45) is 2.33. The Kier molecular flexibility index (Phi) is 2.44. The van der Waals surface area contributed by atoms with Gasteiger partial charge in [0.05, 0.1) is 6.10 Å². The van der Waals surface area contributed by atoms with Crippen LogP contribution in [0.4, 0.5) is 0 Å². The molecule has 0 aliphatic heterocycles. The summed E-state index contributed by atoms with van der Waals surface area (Å²) < 4.78 is 5.33. The van der Waals surface area contributed by atoms with Crippen molar-refractivity contribution >= 4 is 5.78 Å². The average molecular weight is 142 g/mol. The summed E-state index contributed by atoms with van der Waals surface area (Å²) in [5, 5.41) is 0. The molecule has 2 heteroatoms. The second-order valence-corrected chi connectivity index (χ2v) is 2.79. The molecule has 10 heavy (non-hydrogen) atoms. The van der Waals surface area contributed by atoms with Crippen molar-refractivity contribution in [3.63, 3.8) is 0 Å². The Hall–Kier alpha value is -0.370. The van der Waals surface area contributed by atoms with Crippen molar-refractivity contribution in [1.82, 2.24) is 0 Å². The molecule has 0 heterocycles. The van der Waals surface area contributed by atoms with E-state index in [1.807, 2.05) is 6.92 Å². The van der Waals surface area contributed by atoms with Crippen LogP contribution in [0.1, 0.15) is 26.7 Å². The quantitative estimate of drug-likeness (QED) is 0.595. The Morgan fingerprint density at radius 1 is 1.60 bits per heavy atom. The van der Waals surface area contributed by atoms with Crippen LogP contribution in [0.25, 0.3) is 0 Å². The lowest BCUT2D eigenvalue weighted by Gasteiger charge is -2.34. The van der Waals surface area contributed by atoms with E-state index < -0.39 is 0 Å². The molecule has 0 N–H and O–H groups in total. The van der Waals surface area contributed by atoms with Crippen molar-refractivity contribution < 1.29 is 9.53 Å². The van der Waals surface area contributed by atoms with Gasteiger partial charge in [-0.05, 0) is 26.7 Å². The van der Waals surface area contributed by atoms with Crippen molar-refractivity contribution in [3.8, 4) is 0 Å². The van der Waals surface area contributed by atoms with Crippen LogP contribution in [0.5, 0.6) is 0 Å². The predicted octanol–water partition coefficient (Wildman–Crippen LogP) is 1.39. The zero-order valence-electron chi connectivity index (χ0n) is 6.59. The number of Topliss-reactive ketones (excluding diaryl/α,β-unsaturated/α-hetero) is 1. The maximum Gasteiger partial charge on any atom is 0.135 e. The Labute approximate surface area is 61.6 Å². The molecule has 0 amide bonds. The van der Waals surface area contributed by atoms with Gasteiger partial charge in [0.25, 0.3) is 0 Å². The topological polar surface area (TPSA) is 26.3 Å². The fourth-order valence-electron chi connectivity index (χ4n) is 1.35. The number of carbonyl (C=O) groups is 1. The van der Waals surface area contributed by atoms with Gasteiger partial charge in [0.2, 0.25) is 0 Å². The predicted molar refractivity (Wildman–Crippen MR) is 38.8 cm³/mol. The molecule has 1 rings (SSSR count). The van der Waals surface area contributed by atoms with E-state index in [-0.39, 0.29) is 17.8 Å². The van der Waals surface area contributed by atoms with E-state index in [1.165, 1.54) is 0 Å². The molecule has 0 radical (unpaired) electrons. The van der Waals surface area contributed by atoms with E-state index in [0.717, 1.165) is 19.4 Å². The molecule has 0 aromatic heterocycles. The van der Waals surface area contributed by atoms with E-state index >= 15 is 0 Å². The maximum absolute atomic E-state index is 10.8. The van der Waals surface area contributed by atoms with E-state index in [2.05, 4.69) is 0 Å². The highest BCUT2D eigenvalue weighted by atomic mass is 16.5. The van der Waals surface area contributed by atoms with Crippen LogP contribution in [-0.2, 0) is 9.53 Å². The molecule has 2 atom stereocenters. The highest BCUT2D eigenvalue weighted by Gasteiger charge is 2.34. The van der Waals surface area contributed by atoms with Gasteiger partial charge in [-0.1, -0.05) is 0 Å². The molecular formula is C8H14O2. The summed E-state index contributed by atoms with van der Waals surface area (Å²) in [5.74, 6) is 0.490. The average Bonchev–Trinajstić information content (AvgIpc) is 1.78. The molecule has 1 fully saturated rings. The lowest BCUT2D eigenvalue weighted by atomic mass is 9.79. The Morgan fingerprint density at radius 2 is 2.30 bits per heavy atom. The third kappa shape index (κ3) is 1.37. The summed E-state index contributed by atoms with van der Waals surface area (Å²) in [7, 11) is 0. The van der Waals surface area contributed by atoms with Gasteiger partial charge in [0.15, 0.2) is 0 Å². The number of rotatable bonds is 3. The van der Waals surface area contributed by atoms with Crippen LogP contribution in [0, 0.1) is 5.92 Å². The molecule has 1 aliphatic carbocycles. The van der Waals surface area contributed by atoms with Crippen molar-refractivity contribution in [2.24, 2.45) is 5.92 Å². The van der Waals surface area contributed by atoms with Gasteiger partial charge in [0.1, 0.15) is 5.78 Å². The first kappa shape index (κ1) is 7.73. The lowest BCUT2D eigenvalue weighted by molar-refractivity contribution is -0.133. The van der Waals surface area contributed by atoms with Crippen LogP contribution in [-0.4, -0.2) is 18.5 Å². The highest BCUT2D eigenvalue weighted by Crippen LogP contribution is 2.30. The molecular weight excluding hydrogens is 128 g/mol. The summed E-state index contributed by atoms with van der Waals surface area (Å²) in [6, 6.07) is 0. The molecule has 0 aromatic carbocycles. The maximum atomic E-state index is 10.8. The summed E-state index contributed by atoms with van der Waals surface area (Å²) in [5.41, 5.74) is 0. The van der Waals surface area contributed by atoms with E-state index in [4.69, 9.17) is 4.74 Å². The molecule has 0 aromatic rings. The largest absolute Gasteiger partial charge is 0.378 e. The highest BCUT2D eigenvalue weighted by molar-refractivity contribution is 5.79. The SMILES string of the molecule is CCOC1CCC1C(C)=O. The Bertz CT molecular complexity index is 131. The minimum atomic E-state index is 0.208. The molecule has 0 spiro atoms. The second-order valence-electron chi connectivity index (χ2n) is 2.79. The fourth-order valence-corrected chi connectivity index (χ4v) is 1.35. The van der Waals surface area contributed by atoms with Crippen molar-refractivity contribution in [1.29, 1.82) is 0 Å². The lowest BCUT2D eigenvalue weighted by Crippen LogP contribution is -2.38. The standard InChI is InChI=1S/C8H14O2/c1-3-10-8-5-4-7(8)6(2)9/h7-8H,3-5H2,1-2H3. The van der Waals surface area contributed by atoms with Gasteiger partial charge in [0, 0.05) is 12.5 Å². The number of hydrogen-bond acceptors (Lipinski definition) is 2. The van der Waals surface area contributed by atoms with Crippen LogP contribution in [0.3, 0.4) is 0 Å².